The number of ether oxygens (including phenoxy) is 1. The zero-order valence-electron chi connectivity index (χ0n) is 13.2. The first-order chi connectivity index (χ1) is 12.2. The van der Waals surface area contributed by atoms with Crippen molar-refractivity contribution >= 4 is 23.2 Å². The fourth-order valence-electron chi connectivity index (χ4n) is 2.78. The first kappa shape index (κ1) is 15.7. The van der Waals surface area contributed by atoms with Crippen molar-refractivity contribution in [2.75, 3.05) is 11.9 Å². The van der Waals surface area contributed by atoms with Crippen LogP contribution in [0.2, 0.25) is 5.02 Å². The predicted octanol–water partition coefficient (Wildman–Crippen LogP) is 3.11. The number of nitrogens with zero attached hydrogens (tertiary/aromatic N) is 3. The van der Waals surface area contributed by atoms with Crippen molar-refractivity contribution < 1.29 is 9.53 Å². The Balaban J connectivity index is 1.44. The Hall–Kier alpha value is -2.86. The van der Waals surface area contributed by atoms with Gasteiger partial charge in [0.05, 0.1) is 17.8 Å². The molecular weight excluding hydrogens is 340 g/mol. The summed E-state index contributed by atoms with van der Waals surface area (Å²) in [6, 6.07) is 9.11. The van der Waals surface area contributed by atoms with Crippen molar-refractivity contribution in [2.45, 2.75) is 6.42 Å². The number of imidazole rings is 1. The number of aromatic nitrogens is 3. The molecule has 2 aromatic heterocycles. The van der Waals surface area contributed by atoms with E-state index in [1.54, 1.807) is 29.4 Å². The van der Waals surface area contributed by atoms with E-state index in [2.05, 4.69) is 15.3 Å². The molecule has 3 aromatic rings. The molecule has 1 aliphatic heterocycles. The van der Waals surface area contributed by atoms with Crippen molar-refractivity contribution in [1.82, 2.24) is 14.5 Å². The van der Waals surface area contributed by atoms with E-state index in [1.807, 2.05) is 30.5 Å². The molecule has 1 unspecified atom stereocenters. The lowest BCUT2D eigenvalue weighted by Gasteiger charge is -2.24. The van der Waals surface area contributed by atoms with E-state index >= 15 is 0 Å². The minimum Gasteiger partial charge on any atom is -0.492 e. The molecule has 7 heteroatoms. The lowest BCUT2D eigenvalue weighted by molar-refractivity contribution is -0.121. The number of hydrogen-bond acceptors (Lipinski definition) is 4. The largest absolute Gasteiger partial charge is 0.492 e. The van der Waals surface area contributed by atoms with Gasteiger partial charge in [-0.3, -0.25) is 9.36 Å². The third kappa shape index (κ3) is 3.34. The predicted molar refractivity (Wildman–Crippen MR) is 94.1 cm³/mol. The fourth-order valence-corrected chi connectivity index (χ4v) is 2.98. The molecule has 0 radical (unpaired) electrons. The van der Waals surface area contributed by atoms with E-state index in [4.69, 9.17) is 16.3 Å². The maximum absolute atomic E-state index is 12.5. The number of benzene rings is 1. The molecule has 0 bridgehead atoms. The van der Waals surface area contributed by atoms with Crippen molar-refractivity contribution in [2.24, 2.45) is 5.92 Å². The summed E-state index contributed by atoms with van der Waals surface area (Å²) in [6.07, 6.45) is 7.39. The highest BCUT2D eigenvalue weighted by Crippen LogP contribution is 2.30. The molecule has 0 fully saturated rings. The number of carbonyl (C=O) groups is 1. The van der Waals surface area contributed by atoms with Gasteiger partial charge in [-0.2, -0.15) is 0 Å². The summed E-state index contributed by atoms with van der Waals surface area (Å²) >= 11 is 6.02. The van der Waals surface area contributed by atoms with Crippen LogP contribution in [0, 0.1) is 5.92 Å². The maximum atomic E-state index is 12.5. The average Bonchev–Trinajstić information content (AvgIpc) is 3.16. The van der Waals surface area contributed by atoms with Gasteiger partial charge in [-0.05, 0) is 42.3 Å². The Labute approximate surface area is 149 Å². The second-order valence-corrected chi connectivity index (χ2v) is 6.26. The molecule has 126 valence electrons. The first-order valence-electron chi connectivity index (χ1n) is 7.85. The summed E-state index contributed by atoms with van der Waals surface area (Å²) in [5.41, 5.74) is 1.60. The van der Waals surface area contributed by atoms with Crippen LogP contribution in [0.25, 0.3) is 5.82 Å². The molecule has 6 nitrogen and oxygen atoms in total. The van der Waals surface area contributed by atoms with E-state index in [1.165, 1.54) is 0 Å². The Morgan fingerprint density at radius 2 is 2.24 bits per heavy atom. The van der Waals surface area contributed by atoms with Gasteiger partial charge < -0.3 is 10.1 Å². The van der Waals surface area contributed by atoms with Gasteiger partial charge in [0.2, 0.25) is 5.91 Å². The van der Waals surface area contributed by atoms with Gasteiger partial charge in [0.25, 0.3) is 0 Å². The number of pyridine rings is 1. The van der Waals surface area contributed by atoms with E-state index in [0.29, 0.717) is 23.7 Å². The van der Waals surface area contributed by atoms with Crippen LogP contribution in [0.1, 0.15) is 5.56 Å². The Bertz CT molecular complexity index is 894. The molecule has 1 aliphatic rings. The lowest BCUT2D eigenvalue weighted by atomic mass is 9.96. The molecule has 1 N–H and O–H groups in total. The highest BCUT2D eigenvalue weighted by molar-refractivity contribution is 6.30. The van der Waals surface area contributed by atoms with Crippen molar-refractivity contribution in [3.8, 4) is 11.6 Å². The second kappa shape index (κ2) is 6.57. The third-order valence-electron chi connectivity index (χ3n) is 4.08. The summed E-state index contributed by atoms with van der Waals surface area (Å²) in [4.78, 5) is 20.8. The Kier molecular flexibility index (Phi) is 4.11. The van der Waals surface area contributed by atoms with E-state index in [9.17, 15) is 4.79 Å². The van der Waals surface area contributed by atoms with Gasteiger partial charge in [-0.1, -0.05) is 11.6 Å². The summed E-state index contributed by atoms with van der Waals surface area (Å²) in [5.74, 6) is 1.17. The number of hydrogen-bond donors (Lipinski definition) is 1. The fraction of sp³-hybridized carbons (Fsp3) is 0.167. The minimum atomic E-state index is -0.265. The Morgan fingerprint density at radius 1 is 1.32 bits per heavy atom. The van der Waals surface area contributed by atoms with Gasteiger partial charge >= 0.3 is 0 Å². The number of nitrogens with one attached hydrogen (secondary N) is 1. The molecule has 1 atom stereocenters. The average molecular weight is 355 g/mol. The van der Waals surface area contributed by atoms with Gasteiger partial charge in [0.15, 0.2) is 0 Å². The van der Waals surface area contributed by atoms with Crippen LogP contribution in [-0.2, 0) is 11.2 Å². The molecule has 1 amide bonds. The molecule has 3 heterocycles. The zero-order valence-corrected chi connectivity index (χ0v) is 14.0. The molecule has 1 aromatic carbocycles. The molecule has 0 saturated carbocycles. The lowest BCUT2D eigenvalue weighted by Crippen LogP contribution is -2.32. The summed E-state index contributed by atoms with van der Waals surface area (Å²) in [6.45, 7) is 0.348. The number of amides is 1. The van der Waals surface area contributed by atoms with E-state index < -0.39 is 0 Å². The van der Waals surface area contributed by atoms with E-state index in [-0.39, 0.29) is 11.8 Å². The van der Waals surface area contributed by atoms with Gasteiger partial charge in [0, 0.05) is 17.4 Å². The van der Waals surface area contributed by atoms with E-state index in [0.717, 1.165) is 17.1 Å². The number of carbonyl (C=O) groups excluding carboxylic acids is 1. The van der Waals surface area contributed by atoms with Crippen LogP contribution in [0.5, 0.6) is 5.75 Å². The molecule has 25 heavy (non-hydrogen) atoms. The van der Waals surface area contributed by atoms with Crippen LogP contribution in [0.15, 0.2) is 55.2 Å². The monoisotopic (exact) mass is 354 g/mol. The van der Waals surface area contributed by atoms with Crippen LogP contribution in [0.4, 0.5) is 5.69 Å². The molecule has 4 rings (SSSR count). The zero-order chi connectivity index (χ0) is 17.2. The number of halogens is 1. The van der Waals surface area contributed by atoms with Crippen molar-refractivity contribution in [3.05, 3.63) is 65.8 Å². The minimum absolute atomic E-state index is 0.0946. The number of rotatable bonds is 3. The SMILES string of the molecule is O=C(Nc1ccc(-n2ccnc2)nc1)C1COc2ccc(Cl)cc2C1. The molecule has 0 saturated heterocycles. The molecule has 0 spiro atoms. The Morgan fingerprint density at radius 3 is 3.00 bits per heavy atom. The third-order valence-corrected chi connectivity index (χ3v) is 4.32. The second-order valence-electron chi connectivity index (χ2n) is 5.83. The first-order valence-corrected chi connectivity index (χ1v) is 8.23. The van der Waals surface area contributed by atoms with Crippen molar-refractivity contribution in [1.29, 1.82) is 0 Å². The van der Waals surface area contributed by atoms with Crippen LogP contribution in [0.3, 0.4) is 0 Å². The summed E-state index contributed by atoms with van der Waals surface area (Å²) in [5, 5.41) is 3.53. The highest BCUT2D eigenvalue weighted by atomic mass is 35.5. The summed E-state index contributed by atoms with van der Waals surface area (Å²) < 4.78 is 7.47. The van der Waals surface area contributed by atoms with Crippen LogP contribution >= 0.6 is 11.6 Å². The quantitative estimate of drug-likeness (QED) is 0.784. The number of fused-ring (bicyclic) bond motifs is 1. The topological polar surface area (TPSA) is 69.0 Å². The maximum Gasteiger partial charge on any atom is 0.231 e. The highest BCUT2D eigenvalue weighted by Gasteiger charge is 2.26. The van der Waals surface area contributed by atoms with Crippen LogP contribution in [-0.4, -0.2) is 27.0 Å². The van der Waals surface area contributed by atoms with Gasteiger partial charge in [0.1, 0.15) is 24.5 Å². The van der Waals surface area contributed by atoms with Crippen molar-refractivity contribution in [3.63, 3.8) is 0 Å². The van der Waals surface area contributed by atoms with Crippen LogP contribution < -0.4 is 10.1 Å². The van der Waals surface area contributed by atoms with Gasteiger partial charge in [-0.15, -0.1) is 0 Å². The molecule has 0 aliphatic carbocycles. The molecular formula is C18H15ClN4O2. The number of anilines is 1. The standard InChI is InChI=1S/C18H15ClN4O2/c19-14-1-3-16-12(8-14)7-13(10-25-16)18(24)22-15-2-4-17(21-9-15)23-6-5-20-11-23/h1-6,8-9,11,13H,7,10H2,(H,22,24). The normalized spacial score (nSPS) is 16.0. The van der Waals surface area contributed by atoms with Gasteiger partial charge in [-0.25, -0.2) is 9.97 Å². The summed E-state index contributed by atoms with van der Waals surface area (Å²) in [7, 11) is 0. The smallest absolute Gasteiger partial charge is 0.231 e.